The molecule has 5 aromatic rings. The van der Waals surface area contributed by atoms with Crippen LogP contribution in [0.4, 0.5) is 5.69 Å². The van der Waals surface area contributed by atoms with Gasteiger partial charge in [-0.2, -0.15) is 4.57 Å². The van der Waals surface area contributed by atoms with Crippen molar-refractivity contribution in [2.75, 3.05) is 11.9 Å². The van der Waals surface area contributed by atoms with Crippen LogP contribution in [0.3, 0.4) is 0 Å². The minimum atomic E-state index is -0.118. The zero-order valence-corrected chi connectivity index (χ0v) is 23.0. The molecule has 3 heterocycles. The average Bonchev–Trinajstić information content (AvgIpc) is 3.47. The number of hydrogen-bond acceptors (Lipinski definition) is 4. The number of para-hydroxylation sites is 1. The number of anilines is 1. The molecule has 0 aliphatic carbocycles. The van der Waals surface area contributed by atoms with Gasteiger partial charge in [0.25, 0.3) is 11.1 Å². The van der Waals surface area contributed by atoms with E-state index in [9.17, 15) is 4.79 Å². The second-order valence-electron chi connectivity index (χ2n) is 10.1. The first-order chi connectivity index (χ1) is 18.7. The number of ether oxygens (including phenoxy) is 1. The third-order valence-electron chi connectivity index (χ3n) is 7.44. The van der Waals surface area contributed by atoms with Crippen LogP contribution in [0.1, 0.15) is 28.3 Å². The van der Waals surface area contributed by atoms with Gasteiger partial charge in [-0.1, -0.05) is 30.3 Å². The van der Waals surface area contributed by atoms with Crippen LogP contribution in [-0.4, -0.2) is 16.4 Å². The van der Waals surface area contributed by atoms with E-state index >= 15 is 0 Å². The summed E-state index contributed by atoms with van der Waals surface area (Å²) in [5, 5.41) is 0. The maximum absolute atomic E-state index is 14.0. The van der Waals surface area contributed by atoms with Crippen LogP contribution in [0.25, 0.3) is 28.4 Å². The van der Waals surface area contributed by atoms with Crippen molar-refractivity contribution in [1.29, 1.82) is 0 Å². The lowest BCUT2D eigenvalue weighted by Gasteiger charge is -2.11. The van der Waals surface area contributed by atoms with Gasteiger partial charge in [0.15, 0.2) is 5.75 Å². The Morgan fingerprint density at radius 1 is 0.923 bits per heavy atom. The Bertz CT molecular complexity index is 1870. The van der Waals surface area contributed by atoms with E-state index in [-0.39, 0.29) is 5.56 Å². The van der Waals surface area contributed by atoms with Crippen molar-refractivity contribution in [3.05, 3.63) is 117 Å². The van der Waals surface area contributed by atoms with Gasteiger partial charge < -0.3 is 14.1 Å². The van der Waals surface area contributed by atoms with E-state index in [4.69, 9.17) is 9.15 Å². The van der Waals surface area contributed by atoms with Crippen molar-refractivity contribution in [1.82, 2.24) is 9.36 Å². The summed E-state index contributed by atoms with van der Waals surface area (Å²) < 4.78 is 18.2. The van der Waals surface area contributed by atoms with Gasteiger partial charge >= 0.3 is 5.89 Å². The Labute approximate surface area is 227 Å². The minimum Gasteiger partial charge on any atom is -0.439 e. The van der Waals surface area contributed by atoms with Crippen molar-refractivity contribution >= 4 is 28.4 Å². The summed E-state index contributed by atoms with van der Waals surface area (Å²) in [5.74, 6) is 2.05. The summed E-state index contributed by atoms with van der Waals surface area (Å²) in [6.07, 6.45) is 3.85. The molecule has 0 radical (unpaired) electrons. The number of benzene rings is 3. The Balaban J connectivity index is 1.58. The number of oxazole rings is 1. The third kappa shape index (κ3) is 4.07. The molecule has 196 valence electrons. The summed E-state index contributed by atoms with van der Waals surface area (Å²) >= 11 is 0. The molecule has 7 heteroatoms. The Hall–Kier alpha value is -4.78. The summed E-state index contributed by atoms with van der Waals surface area (Å²) in [5.41, 5.74) is 7.76. The van der Waals surface area contributed by atoms with E-state index in [1.165, 1.54) is 0 Å². The number of aryl methyl sites for hydroxylation is 3. The monoisotopic (exact) mass is 519 g/mol. The molecule has 0 saturated carbocycles. The van der Waals surface area contributed by atoms with Gasteiger partial charge in [0, 0.05) is 37.5 Å². The van der Waals surface area contributed by atoms with Gasteiger partial charge in [-0.3, -0.25) is 9.48 Å². The number of fused-ring (bicyclic) bond motifs is 2. The number of hydrogen-bond donors (Lipinski definition) is 0. The van der Waals surface area contributed by atoms with Crippen LogP contribution < -0.4 is 19.8 Å². The zero-order chi connectivity index (χ0) is 27.4. The van der Waals surface area contributed by atoms with E-state index in [1.807, 2.05) is 123 Å². The lowest BCUT2D eigenvalue weighted by atomic mass is 10.1. The Morgan fingerprint density at radius 3 is 2.41 bits per heavy atom. The van der Waals surface area contributed by atoms with Crippen molar-refractivity contribution in [2.24, 2.45) is 14.1 Å². The van der Waals surface area contributed by atoms with Gasteiger partial charge in [0.2, 0.25) is 11.5 Å². The highest BCUT2D eigenvalue weighted by Gasteiger charge is 2.27. The molecule has 0 atom stereocenters. The Kier molecular flexibility index (Phi) is 5.79. The molecule has 2 aromatic heterocycles. The highest BCUT2D eigenvalue weighted by molar-refractivity contribution is 5.88. The maximum atomic E-state index is 14.0. The minimum absolute atomic E-state index is 0.118. The number of nitrogens with zero attached hydrogens (tertiary/aromatic N) is 4. The van der Waals surface area contributed by atoms with Gasteiger partial charge in [-0.25, -0.2) is 4.68 Å². The summed E-state index contributed by atoms with van der Waals surface area (Å²) in [6, 6.07) is 21.9. The van der Waals surface area contributed by atoms with Crippen LogP contribution in [-0.2, 0) is 14.1 Å². The number of allylic oxidation sites excluding steroid dienone is 2. The second kappa shape index (κ2) is 9.20. The number of aromatic nitrogens is 3. The first kappa shape index (κ1) is 24.6. The van der Waals surface area contributed by atoms with Crippen molar-refractivity contribution < 1.29 is 13.7 Å². The molecular formula is C32H31N4O3+. The molecule has 6 rings (SSSR count). The molecule has 0 N–H and O–H groups in total. The lowest BCUT2D eigenvalue weighted by molar-refractivity contribution is -0.651. The maximum Gasteiger partial charge on any atom is 0.374 e. The molecule has 0 unspecified atom stereocenters. The summed E-state index contributed by atoms with van der Waals surface area (Å²) in [4.78, 5) is 16.0. The lowest BCUT2D eigenvalue weighted by Crippen LogP contribution is -2.29. The normalized spacial score (nSPS) is 14.4. The first-order valence-corrected chi connectivity index (χ1v) is 12.9. The highest BCUT2D eigenvalue weighted by atomic mass is 16.5. The third-order valence-corrected chi connectivity index (χ3v) is 7.44. The summed E-state index contributed by atoms with van der Waals surface area (Å²) in [6.45, 7) is 6.04. The van der Waals surface area contributed by atoms with Crippen LogP contribution >= 0.6 is 0 Å². The largest absolute Gasteiger partial charge is 0.439 e. The van der Waals surface area contributed by atoms with Gasteiger partial charge in [-0.05, 0) is 62.2 Å². The molecule has 0 saturated heterocycles. The van der Waals surface area contributed by atoms with Gasteiger partial charge in [0.1, 0.15) is 7.05 Å². The molecule has 1 aliphatic rings. The molecular weight excluding hydrogens is 488 g/mol. The fourth-order valence-corrected chi connectivity index (χ4v) is 5.17. The van der Waals surface area contributed by atoms with E-state index < -0.39 is 0 Å². The van der Waals surface area contributed by atoms with Crippen molar-refractivity contribution in [2.45, 2.75) is 20.8 Å². The van der Waals surface area contributed by atoms with Crippen LogP contribution in [0, 0.1) is 20.8 Å². The molecule has 0 bridgehead atoms. The predicted octanol–water partition coefficient (Wildman–Crippen LogP) is 5.58. The van der Waals surface area contributed by atoms with E-state index in [2.05, 4.69) is 12.1 Å². The Morgan fingerprint density at radius 2 is 1.64 bits per heavy atom. The molecule has 0 fully saturated rings. The van der Waals surface area contributed by atoms with E-state index in [0.717, 1.165) is 45.0 Å². The van der Waals surface area contributed by atoms with E-state index in [0.29, 0.717) is 22.9 Å². The van der Waals surface area contributed by atoms with Gasteiger partial charge in [-0.15, -0.1) is 0 Å². The van der Waals surface area contributed by atoms with Crippen molar-refractivity contribution in [3.63, 3.8) is 0 Å². The van der Waals surface area contributed by atoms with Gasteiger partial charge in [0.05, 0.1) is 23.0 Å². The smallest absolute Gasteiger partial charge is 0.374 e. The van der Waals surface area contributed by atoms with Crippen LogP contribution in [0.2, 0.25) is 0 Å². The van der Waals surface area contributed by atoms with Crippen LogP contribution in [0.15, 0.2) is 87.9 Å². The SMILES string of the molecule is Cc1ccc2c(c1)O/C(=C\C(=C/c1oc3cc(C)ccc3[n+]1C)c1c(C)n(C)n(-c3ccccc3)c1=O)N2C. The molecule has 0 amide bonds. The van der Waals surface area contributed by atoms with E-state index in [1.54, 1.807) is 4.68 Å². The molecule has 1 aliphatic heterocycles. The fraction of sp³-hybridized carbons (Fsp3) is 0.188. The molecule has 0 spiro atoms. The topological polar surface area (TPSA) is 56.4 Å². The van der Waals surface area contributed by atoms with Crippen LogP contribution in [0.5, 0.6) is 5.75 Å². The molecule has 7 nitrogen and oxygen atoms in total. The summed E-state index contributed by atoms with van der Waals surface area (Å²) in [7, 11) is 5.84. The molecule has 3 aromatic carbocycles. The first-order valence-electron chi connectivity index (χ1n) is 12.9. The predicted molar refractivity (Wildman–Crippen MR) is 154 cm³/mol. The second-order valence-corrected chi connectivity index (χ2v) is 10.1. The van der Waals surface area contributed by atoms with Crippen molar-refractivity contribution in [3.8, 4) is 11.4 Å². The quantitative estimate of drug-likeness (QED) is 0.291. The standard InChI is InChI=1S/C32H31N4O3/c1-20-12-14-25-27(16-20)38-29(33(25)4)18-23(19-30-34(5)26-15-13-21(2)17-28(26)39-30)31-22(3)35(6)36(32(31)37)24-10-8-7-9-11-24/h7-19H,1-6H3/q+1. The zero-order valence-electron chi connectivity index (χ0n) is 23.0. The number of rotatable bonds is 4. The average molecular weight is 520 g/mol. The molecule has 39 heavy (non-hydrogen) atoms. The fourth-order valence-electron chi connectivity index (χ4n) is 5.17. The highest BCUT2D eigenvalue weighted by Crippen LogP contribution is 2.39.